The zero-order chi connectivity index (χ0) is 18.9. The number of aromatic nitrogens is 2. The number of rotatable bonds is 4. The minimum atomic E-state index is -3.50. The van der Waals surface area contributed by atoms with Gasteiger partial charge in [-0.25, -0.2) is 22.8 Å². The van der Waals surface area contributed by atoms with E-state index in [4.69, 9.17) is 0 Å². The van der Waals surface area contributed by atoms with Crippen molar-refractivity contribution < 1.29 is 17.3 Å². The molecule has 1 aromatic carbocycles. The molecule has 3 rings (SSSR count). The van der Waals surface area contributed by atoms with E-state index < -0.39 is 25.2 Å². The second-order valence-electron chi connectivity index (χ2n) is 5.64. The van der Waals surface area contributed by atoms with Crippen molar-refractivity contribution in [3.63, 3.8) is 0 Å². The van der Waals surface area contributed by atoms with Crippen LogP contribution in [0.2, 0.25) is 0 Å². The molecule has 0 atom stereocenters. The highest BCUT2D eigenvalue weighted by molar-refractivity contribution is 7.90. The van der Waals surface area contributed by atoms with E-state index in [1.54, 1.807) is 25.1 Å². The van der Waals surface area contributed by atoms with Crippen molar-refractivity contribution >= 4 is 36.0 Å². The monoisotopic (exact) mass is 386 g/mol. The molecule has 26 heavy (non-hydrogen) atoms. The molecule has 0 fully saturated rings. The molecule has 2 heterocycles. The lowest BCUT2D eigenvalue weighted by Gasteiger charge is -2.11. The first kappa shape index (κ1) is 18.1. The summed E-state index contributed by atoms with van der Waals surface area (Å²) in [4.78, 5) is 8.68. The molecule has 0 aliphatic carbocycles. The van der Waals surface area contributed by atoms with Gasteiger partial charge in [0.25, 0.3) is 0 Å². The quantitative estimate of drug-likeness (QED) is 0.508. The molecule has 6 nitrogen and oxygen atoms in total. The van der Waals surface area contributed by atoms with Crippen LogP contribution in [0.4, 0.5) is 4.39 Å². The van der Waals surface area contributed by atoms with Crippen LogP contribution in [0.25, 0.3) is 22.2 Å². The van der Waals surface area contributed by atoms with Crippen LogP contribution < -0.4 is 0 Å². The van der Waals surface area contributed by atoms with Gasteiger partial charge in [-0.3, -0.25) is 4.66 Å². The van der Waals surface area contributed by atoms with Gasteiger partial charge in [-0.1, -0.05) is 6.07 Å². The first-order valence-electron chi connectivity index (χ1n) is 7.49. The number of benzene rings is 1. The average Bonchev–Trinajstić information content (AvgIpc) is 2.60. The molecule has 0 saturated heterocycles. The summed E-state index contributed by atoms with van der Waals surface area (Å²) in [6.07, 6.45) is 1.07. The number of sulfone groups is 1. The second-order valence-corrected chi connectivity index (χ2v) is 8.01. The summed E-state index contributed by atoms with van der Waals surface area (Å²) in [5.74, 6) is -0.415. The van der Waals surface area contributed by atoms with Gasteiger partial charge in [0.15, 0.2) is 14.9 Å². The van der Waals surface area contributed by atoms with Crippen LogP contribution in [-0.4, -0.2) is 39.9 Å². The largest absolute Gasteiger partial charge is 0.491 e. The fourth-order valence-electron chi connectivity index (χ4n) is 2.51. The molecule has 131 valence electrons. The lowest BCUT2D eigenvalue weighted by atomic mass is 10.0. The van der Waals surface area contributed by atoms with Crippen LogP contribution in [0.15, 0.2) is 52.1 Å². The zero-order valence-electron chi connectivity index (χ0n) is 13.9. The number of fused-ring (bicyclic) bond motifs is 1. The number of nitrogens with zero attached hydrogens (tertiary/aromatic N) is 3. The van der Waals surface area contributed by atoms with Crippen molar-refractivity contribution in [1.29, 1.82) is 0 Å². The Hall–Kier alpha value is -2.65. The van der Waals surface area contributed by atoms with Crippen molar-refractivity contribution in [2.24, 2.45) is 4.66 Å². The maximum Gasteiger partial charge on any atom is 0.491 e. The van der Waals surface area contributed by atoms with E-state index in [1.807, 2.05) is 0 Å². The van der Waals surface area contributed by atoms with E-state index in [2.05, 4.69) is 14.6 Å². The summed E-state index contributed by atoms with van der Waals surface area (Å²) in [6, 6.07) is 10.4. The molecule has 0 aliphatic rings. The molecule has 3 aromatic rings. The Morgan fingerprint density at radius 2 is 1.92 bits per heavy atom. The molecule has 0 spiro atoms. The molecule has 0 aliphatic heterocycles. The van der Waals surface area contributed by atoms with Crippen LogP contribution in [-0.2, 0) is 14.3 Å². The highest BCUT2D eigenvalue weighted by Gasteiger charge is 2.16. The number of pyridine rings is 2. The normalized spacial score (nSPS) is 12.3. The molecule has 0 bridgehead atoms. The smallest absolute Gasteiger partial charge is 0.352 e. The van der Waals surface area contributed by atoms with E-state index in [9.17, 15) is 17.3 Å². The Morgan fingerprint density at radius 1 is 1.15 bits per heavy atom. The third-order valence-electron chi connectivity index (χ3n) is 3.71. The van der Waals surface area contributed by atoms with Crippen LogP contribution in [0.3, 0.4) is 0 Å². The second kappa shape index (κ2) is 6.93. The molecule has 0 saturated carbocycles. The fourth-order valence-corrected chi connectivity index (χ4v) is 3.34. The summed E-state index contributed by atoms with van der Waals surface area (Å²) in [5, 5.41) is 0.452. The van der Waals surface area contributed by atoms with Gasteiger partial charge in [0.05, 0.1) is 22.6 Å². The van der Waals surface area contributed by atoms with Gasteiger partial charge in [-0.05, 0) is 43.3 Å². The van der Waals surface area contributed by atoms with Gasteiger partial charge in [0, 0.05) is 17.2 Å². The predicted molar refractivity (Wildman–Crippen MR) is 96.7 cm³/mol. The van der Waals surface area contributed by atoms with Gasteiger partial charge in [0.2, 0.25) is 0 Å². The van der Waals surface area contributed by atoms with Crippen molar-refractivity contribution in [1.82, 2.24) is 9.97 Å². The standard InChI is InChI=1S/C17H13FN3O3SSi/c1-10(21-26-24)17-13(9-11-8-12(18)6-7-14(11)20-17)15-4-3-5-16(19-15)25(2,22)23/h3-9H,1-2H3. The molecule has 2 aromatic heterocycles. The Labute approximate surface area is 151 Å². The lowest BCUT2D eigenvalue weighted by Crippen LogP contribution is -2.06. The van der Waals surface area contributed by atoms with Crippen molar-refractivity contribution in [3.05, 3.63) is 54.0 Å². The van der Waals surface area contributed by atoms with E-state index >= 15 is 0 Å². The number of halogens is 1. The Balaban J connectivity index is 2.34. The minimum absolute atomic E-state index is 0.0828. The molecular weight excluding hydrogens is 373 g/mol. The molecule has 0 amide bonds. The van der Waals surface area contributed by atoms with Crippen LogP contribution in [0.5, 0.6) is 0 Å². The third kappa shape index (κ3) is 3.63. The highest BCUT2D eigenvalue weighted by Crippen LogP contribution is 2.27. The Morgan fingerprint density at radius 3 is 2.62 bits per heavy atom. The molecule has 1 radical (unpaired) electrons. The van der Waals surface area contributed by atoms with Gasteiger partial charge in [-0.15, -0.1) is 0 Å². The fraction of sp³-hybridized carbons (Fsp3) is 0.118. The van der Waals surface area contributed by atoms with E-state index in [0.717, 1.165) is 6.26 Å². The summed E-state index contributed by atoms with van der Waals surface area (Å²) < 4.78 is 52.0. The van der Waals surface area contributed by atoms with Gasteiger partial charge in [-0.2, -0.15) is 0 Å². The van der Waals surface area contributed by atoms with Gasteiger partial charge >= 0.3 is 9.57 Å². The van der Waals surface area contributed by atoms with Crippen molar-refractivity contribution in [2.45, 2.75) is 11.9 Å². The maximum absolute atomic E-state index is 13.6. The SMILES string of the molecule is CC(=N[Si]=O)c1nc2ccc(F)cc2cc1-c1cccc(S(C)(=O)=O)n1. The van der Waals surface area contributed by atoms with Crippen molar-refractivity contribution in [3.8, 4) is 11.3 Å². The Kier molecular flexibility index (Phi) is 4.83. The minimum Gasteiger partial charge on any atom is -0.352 e. The van der Waals surface area contributed by atoms with E-state index in [0.29, 0.717) is 33.6 Å². The summed E-state index contributed by atoms with van der Waals surface area (Å²) >= 11 is 0. The topological polar surface area (TPSA) is 89.4 Å². The van der Waals surface area contributed by atoms with Crippen LogP contribution in [0.1, 0.15) is 12.6 Å². The van der Waals surface area contributed by atoms with E-state index in [1.165, 1.54) is 24.3 Å². The number of hydrogen-bond acceptors (Lipinski definition) is 5. The van der Waals surface area contributed by atoms with E-state index in [-0.39, 0.29) is 5.03 Å². The first-order valence-corrected chi connectivity index (χ1v) is 10.2. The third-order valence-corrected chi connectivity index (χ3v) is 5.13. The summed E-state index contributed by atoms with van der Waals surface area (Å²) in [7, 11) is -4.39. The first-order chi connectivity index (χ1) is 12.3. The zero-order valence-corrected chi connectivity index (χ0v) is 15.7. The highest BCUT2D eigenvalue weighted by atomic mass is 32.2. The lowest BCUT2D eigenvalue weighted by molar-refractivity contribution is 0.578. The maximum atomic E-state index is 13.6. The average molecular weight is 386 g/mol. The van der Waals surface area contributed by atoms with Crippen molar-refractivity contribution in [2.75, 3.05) is 6.26 Å². The summed E-state index contributed by atoms with van der Waals surface area (Å²) in [6.45, 7) is 1.65. The molecular formula is C17H13FN3O3SSi. The van der Waals surface area contributed by atoms with Crippen LogP contribution >= 0.6 is 0 Å². The molecule has 0 unspecified atom stereocenters. The Bertz CT molecular complexity index is 1160. The predicted octanol–water partition coefficient (Wildman–Crippen LogP) is 2.61. The summed E-state index contributed by atoms with van der Waals surface area (Å²) in [5.41, 5.74) is 2.18. The number of hydrogen-bond donors (Lipinski definition) is 0. The van der Waals surface area contributed by atoms with Gasteiger partial charge < -0.3 is 4.46 Å². The van der Waals surface area contributed by atoms with Crippen LogP contribution in [0, 0.1) is 5.82 Å². The molecule has 0 N–H and O–H groups in total. The molecule has 9 heteroatoms. The van der Waals surface area contributed by atoms with Gasteiger partial charge in [0.1, 0.15) is 5.82 Å².